The quantitative estimate of drug-likeness (QED) is 0.142. The summed E-state index contributed by atoms with van der Waals surface area (Å²) in [5, 5.41) is 5.68. The number of rotatable bonds is 8. The van der Waals surface area contributed by atoms with Crippen molar-refractivity contribution in [3.63, 3.8) is 0 Å². The van der Waals surface area contributed by atoms with Gasteiger partial charge in [0.15, 0.2) is 0 Å². The van der Waals surface area contributed by atoms with Gasteiger partial charge in [0.1, 0.15) is 22.3 Å². The molecule has 0 bridgehead atoms. The molecule has 2 aromatic heterocycles. The topological polar surface area (TPSA) is 26.3 Å². The lowest BCUT2D eigenvalue weighted by atomic mass is 9.89. The van der Waals surface area contributed by atoms with Gasteiger partial charge in [-0.25, -0.2) is 0 Å². The van der Waals surface area contributed by atoms with Crippen molar-refractivity contribution in [2.75, 3.05) is 17.6 Å². The van der Waals surface area contributed by atoms with Crippen molar-refractivity contribution in [3.8, 4) is 77.9 Å². The molecular formula is C69H48O2S2. The van der Waals surface area contributed by atoms with Gasteiger partial charge in [0, 0.05) is 68.5 Å². The van der Waals surface area contributed by atoms with E-state index >= 15 is 0 Å². The van der Waals surface area contributed by atoms with Gasteiger partial charge in [0.2, 0.25) is 0 Å². The number of hydrogen-bond donors (Lipinski definition) is 0. The van der Waals surface area contributed by atoms with Crippen LogP contribution in [-0.2, 0) is 0 Å². The second-order valence-corrected chi connectivity index (χ2v) is 27.1. The Morgan fingerprint density at radius 2 is 0.822 bits per heavy atom. The Morgan fingerprint density at radius 3 is 1.27 bits per heavy atom. The van der Waals surface area contributed by atoms with Gasteiger partial charge in [-0.15, -0.1) is 0 Å². The molecule has 0 spiro atoms. The molecule has 10 aromatic carbocycles. The van der Waals surface area contributed by atoms with E-state index in [0.29, 0.717) is 0 Å². The van der Waals surface area contributed by atoms with Gasteiger partial charge in [-0.1, -0.05) is 171 Å². The molecule has 0 fully saturated rings. The Morgan fingerprint density at radius 1 is 0.425 bits per heavy atom. The van der Waals surface area contributed by atoms with Gasteiger partial charge in [-0.2, -0.15) is 20.1 Å². The Labute approximate surface area is 427 Å². The highest BCUT2D eigenvalue weighted by Gasteiger charge is 2.55. The van der Waals surface area contributed by atoms with Crippen molar-refractivity contribution < 1.29 is 8.83 Å². The first-order valence-electron chi connectivity index (χ1n) is 24.9. The summed E-state index contributed by atoms with van der Waals surface area (Å²) >= 11 is 0. The van der Waals surface area contributed by atoms with Crippen molar-refractivity contribution in [1.82, 2.24) is 0 Å². The smallest absolute Gasteiger partial charge is 0.144 e. The first-order chi connectivity index (χ1) is 35.8. The lowest BCUT2D eigenvalue weighted by Gasteiger charge is -2.36. The van der Waals surface area contributed by atoms with Gasteiger partial charge in [-0.3, -0.25) is 0 Å². The fourth-order valence-electron chi connectivity index (χ4n) is 12.7. The van der Waals surface area contributed by atoms with E-state index < -0.39 is 20.1 Å². The summed E-state index contributed by atoms with van der Waals surface area (Å²) in [4.78, 5) is 5.94. The van der Waals surface area contributed by atoms with Gasteiger partial charge in [0.05, 0.1) is 0 Å². The molecule has 348 valence electrons. The number of benzene rings is 10. The van der Waals surface area contributed by atoms with Crippen molar-refractivity contribution in [1.29, 1.82) is 0 Å². The minimum atomic E-state index is -1.59. The van der Waals surface area contributed by atoms with Crippen LogP contribution in [0.4, 0.5) is 0 Å². The molecule has 4 heteroatoms. The third-order valence-electron chi connectivity index (χ3n) is 15.9. The number of furan rings is 2. The van der Waals surface area contributed by atoms with Gasteiger partial charge < -0.3 is 8.83 Å². The van der Waals surface area contributed by atoms with Crippen LogP contribution in [0.25, 0.3) is 127 Å². The molecule has 0 amide bonds. The monoisotopic (exact) mass is 972 g/mol. The molecule has 3 aliphatic heterocycles. The number of para-hydroxylation sites is 2. The maximum absolute atomic E-state index is 7.20. The average Bonchev–Trinajstić information content (AvgIpc) is 4.22. The largest absolute Gasteiger partial charge is 0.455 e. The highest BCUT2D eigenvalue weighted by Crippen LogP contribution is 2.90. The first kappa shape index (κ1) is 42.4. The third-order valence-corrected chi connectivity index (χ3v) is 25.0. The van der Waals surface area contributed by atoms with E-state index in [4.69, 9.17) is 8.83 Å². The molecule has 5 heterocycles. The second-order valence-electron chi connectivity index (χ2n) is 20.1. The average molecular weight is 973 g/mol. The fraction of sp³-hybridized carbons (Fsp3) is 0.0435. The van der Waals surface area contributed by atoms with Crippen LogP contribution < -0.4 is 0 Å². The standard InChI is InChI=1S/C69H48O2S2/c1-5-20-42(6-2)46-33-47(43-21-10-7-11-22-43)36-50(35-46)56-39-60-64(66-62(56)52-27-16-18-29-58(52)70-66)54-31-32-55-65-61(73(4)41-72(60,3)68(54)69(55)73)40-57(63-53-28-17-19-30-59(53)71-67(63)65)51-37-48(44-23-12-8-13-24-44)34-49(38-51)45-25-14-9-15-26-45/h5-40H,1-2,41H2,3-4H3/b42-20+. The molecule has 2 atom stereocenters. The summed E-state index contributed by atoms with van der Waals surface area (Å²) < 4.78 is 14.4. The third kappa shape index (κ3) is 5.97. The fourth-order valence-corrected chi connectivity index (χ4v) is 24.4. The van der Waals surface area contributed by atoms with E-state index in [1.165, 1.54) is 86.8 Å². The normalized spacial score (nSPS) is 18.9. The highest BCUT2D eigenvalue weighted by molar-refractivity contribution is 8.51. The number of fused-ring (bicyclic) bond motifs is 14. The molecule has 73 heavy (non-hydrogen) atoms. The summed E-state index contributed by atoms with van der Waals surface area (Å²) in [7, 11) is -3.17. The Bertz CT molecular complexity index is 4350. The van der Waals surface area contributed by atoms with Crippen molar-refractivity contribution in [2.24, 2.45) is 0 Å². The molecule has 0 saturated carbocycles. The number of allylic oxidation sites excluding steroid dienone is 4. The van der Waals surface area contributed by atoms with Crippen molar-refractivity contribution in [3.05, 3.63) is 237 Å². The molecule has 2 nitrogen and oxygen atoms in total. The molecule has 0 N–H and O–H groups in total. The predicted octanol–water partition coefficient (Wildman–Crippen LogP) is 20.2. The maximum atomic E-state index is 7.20. The van der Waals surface area contributed by atoms with E-state index in [2.05, 4.69) is 232 Å². The molecule has 3 aliphatic rings. The molecule has 2 unspecified atom stereocenters. The zero-order chi connectivity index (χ0) is 48.7. The lowest BCUT2D eigenvalue weighted by molar-refractivity contribution is 0.668. The second kappa shape index (κ2) is 15.6. The zero-order valence-electron chi connectivity index (χ0n) is 40.5. The van der Waals surface area contributed by atoms with Crippen LogP contribution in [0, 0.1) is 0 Å². The minimum absolute atomic E-state index is 0.905. The predicted molar refractivity (Wildman–Crippen MR) is 312 cm³/mol. The summed E-state index contributed by atoms with van der Waals surface area (Å²) in [6, 6.07) is 73.8. The molecule has 12 aromatic rings. The zero-order valence-corrected chi connectivity index (χ0v) is 42.2. The van der Waals surface area contributed by atoms with Gasteiger partial charge in [0.25, 0.3) is 0 Å². The summed E-state index contributed by atoms with van der Waals surface area (Å²) in [6.45, 7) is 8.31. The molecule has 15 rings (SSSR count). The van der Waals surface area contributed by atoms with Crippen molar-refractivity contribution >= 4 is 69.5 Å². The van der Waals surface area contributed by atoms with Crippen LogP contribution in [0.1, 0.15) is 5.56 Å². The van der Waals surface area contributed by atoms with Crippen LogP contribution in [0.2, 0.25) is 0 Å². The van der Waals surface area contributed by atoms with E-state index in [9.17, 15) is 0 Å². The van der Waals surface area contributed by atoms with Gasteiger partial charge in [-0.05, 0) is 140 Å². The van der Waals surface area contributed by atoms with E-state index in [-0.39, 0.29) is 0 Å². The molecule has 0 saturated heterocycles. The summed E-state index contributed by atoms with van der Waals surface area (Å²) in [5.74, 6) is 0. The Balaban J connectivity index is 0.991. The van der Waals surface area contributed by atoms with Gasteiger partial charge >= 0.3 is 0 Å². The van der Waals surface area contributed by atoms with Crippen LogP contribution in [-0.4, -0.2) is 17.6 Å². The molecule has 0 aliphatic carbocycles. The van der Waals surface area contributed by atoms with Crippen LogP contribution in [0.3, 0.4) is 0 Å². The molecular weight excluding hydrogens is 925 g/mol. The van der Waals surface area contributed by atoms with E-state index in [1.54, 1.807) is 4.90 Å². The first-order valence-corrected chi connectivity index (χ1v) is 29.3. The minimum Gasteiger partial charge on any atom is -0.455 e. The maximum Gasteiger partial charge on any atom is 0.144 e. The summed E-state index contributed by atoms with van der Waals surface area (Å²) in [5.41, 5.74) is 23.0. The highest BCUT2D eigenvalue weighted by atomic mass is 32.3. The molecule has 0 radical (unpaired) electrons. The van der Waals surface area contributed by atoms with Crippen LogP contribution in [0.15, 0.2) is 260 Å². The Kier molecular flexibility index (Phi) is 9.07. The Hall–Kier alpha value is -8.28. The van der Waals surface area contributed by atoms with Crippen LogP contribution in [0.5, 0.6) is 0 Å². The summed E-state index contributed by atoms with van der Waals surface area (Å²) in [6.07, 6.45) is 11.1. The lowest BCUT2D eigenvalue weighted by Crippen LogP contribution is -2.03. The van der Waals surface area contributed by atoms with E-state index in [1.807, 2.05) is 12.2 Å². The number of hydrogen-bond acceptors (Lipinski definition) is 2. The van der Waals surface area contributed by atoms with E-state index in [0.717, 1.165) is 65.8 Å². The van der Waals surface area contributed by atoms with Crippen molar-refractivity contribution in [2.45, 2.75) is 19.6 Å². The van der Waals surface area contributed by atoms with Crippen LogP contribution >= 0.6 is 20.1 Å². The SMILES string of the molecule is C=C/C=C(\C=C)c1cc(-c2ccccc2)cc(-c2cc3c(c4oc5ccccc5c24)-c2ccc4c5c2S3(C)CS5(C)c2cc(-c3cc(-c5ccccc5)cc(-c5ccccc5)c3)c3c(oc5ccccc53)c2-4)c1.